The Labute approximate surface area is 61.0 Å². The van der Waals surface area contributed by atoms with Crippen molar-refractivity contribution in [1.82, 2.24) is 4.90 Å². The average molecular weight is 142 g/mol. The Morgan fingerprint density at radius 1 is 1.60 bits per heavy atom. The van der Waals surface area contributed by atoms with Crippen molar-refractivity contribution in [2.45, 2.75) is 18.9 Å². The van der Waals surface area contributed by atoms with Crippen LogP contribution in [0, 0.1) is 6.42 Å². The highest BCUT2D eigenvalue weighted by molar-refractivity contribution is 5.67. The van der Waals surface area contributed by atoms with E-state index in [4.69, 9.17) is 4.74 Å². The molecule has 1 rings (SSSR count). The quantitative estimate of drug-likeness (QED) is 0.547. The molecule has 0 saturated heterocycles. The van der Waals surface area contributed by atoms with Crippen LogP contribution < -0.4 is 0 Å². The summed E-state index contributed by atoms with van der Waals surface area (Å²) < 4.78 is 5.00. The molecule has 0 N–H and O–H groups in total. The van der Waals surface area contributed by atoms with Gasteiger partial charge in [-0.05, 0) is 19.3 Å². The Balaban J connectivity index is 2.17. The first-order valence-electron chi connectivity index (χ1n) is 3.39. The molecule has 0 aromatic carbocycles. The molecule has 1 amide bonds. The van der Waals surface area contributed by atoms with Crippen molar-refractivity contribution in [1.29, 1.82) is 0 Å². The maximum absolute atomic E-state index is 10.8. The summed E-state index contributed by atoms with van der Waals surface area (Å²) in [6, 6.07) is 0. The van der Waals surface area contributed by atoms with E-state index in [1.165, 1.54) is 4.90 Å². The number of carbonyl (C=O) groups is 1. The SMILES string of the molecule is CN(C)C(=O)OC1C[CH]C1. The molecule has 0 aliphatic heterocycles. The highest BCUT2D eigenvalue weighted by Gasteiger charge is 2.22. The molecule has 3 nitrogen and oxygen atoms in total. The molecular formula is C7H12NO2. The number of nitrogens with zero attached hydrogens (tertiary/aromatic N) is 1. The second-order valence-electron chi connectivity index (χ2n) is 2.66. The van der Waals surface area contributed by atoms with Crippen molar-refractivity contribution in [3.8, 4) is 0 Å². The van der Waals surface area contributed by atoms with E-state index in [9.17, 15) is 4.79 Å². The van der Waals surface area contributed by atoms with E-state index in [0.29, 0.717) is 0 Å². The smallest absolute Gasteiger partial charge is 0.409 e. The van der Waals surface area contributed by atoms with E-state index < -0.39 is 0 Å². The molecule has 57 valence electrons. The Kier molecular flexibility index (Phi) is 2.14. The normalized spacial score (nSPS) is 17.8. The fourth-order valence-corrected chi connectivity index (χ4v) is 0.647. The van der Waals surface area contributed by atoms with Crippen LogP contribution in [0.2, 0.25) is 0 Å². The third-order valence-electron chi connectivity index (χ3n) is 1.49. The summed E-state index contributed by atoms with van der Waals surface area (Å²) in [5.74, 6) is 0. The first kappa shape index (κ1) is 7.38. The van der Waals surface area contributed by atoms with Crippen LogP contribution in [0.25, 0.3) is 0 Å². The van der Waals surface area contributed by atoms with Gasteiger partial charge in [0.25, 0.3) is 0 Å². The number of amides is 1. The topological polar surface area (TPSA) is 29.5 Å². The molecule has 1 aliphatic rings. The third kappa shape index (κ3) is 1.62. The fraction of sp³-hybridized carbons (Fsp3) is 0.714. The van der Waals surface area contributed by atoms with Crippen molar-refractivity contribution in [3.05, 3.63) is 6.42 Å². The van der Waals surface area contributed by atoms with Crippen molar-refractivity contribution < 1.29 is 9.53 Å². The van der Waals surface area contributed by atoms with Gasteiger partial charge in [0.1, 0.15) is 6.10 Å². The molecule has 10 heavy (non-hydrogen) atoms. The van der Waals surface area contributed by atoms with Crippen LogP contribution in [0.15, 0.2) is 0 Å². The molecule has 1 saturated carbocycles. The van der Waals surface area contributed by atoms with Gasteiger partial charge in [-0.3, -0.25) is 0 Å². The van der Waals surface area contributed by atoms with Crippen molar-refractivity contribution in [2.75, 3.05) is 14.1 Å². The first-order valence-corrected chi connectivity index (χ1v) is 3.39. The molecule has 0 bridgehead atoms. The summed E-state index contributed by atoms with van der Waals surface area (Å²) in [5.41, 5.74) is 0. The van der Waals surface area contributed by atoms with Gasteiger partial charge in [-0.1, -0.05) is 0 Å². The monoisotopic (exact) mass is 142 g/mol. The van der Waals surface area contributed by atoms with Crippen molar-refractivity contribution in [2.24, 2.45) is 0 Å². The molecule has 3 heteroatoms. The molecule has 0 spiro atoms. The molecule has 1 aliphatic carbocycles. The predicted molar refractivity (Wildman–Crippen MR) is 37.5 cm³/mol. The van der Waals surface area contributed by atoms with E-state index in [2.05, 4.69) is 6.42 Å². The molecule has 0 unspecified atom stereocenters. The number of hydrogen-bond donors (Lipinski definition) is 0. The summed E-state index contributed by atoms with van der Waals surface area (Å²) in [7, 11) is 3.37. The van der Waals surface area contributed by atoms with Gasteiger partial charge in [-0.25, -0.2) is 4.79 Å². The lowest BCUT2D eigenvalue weighted by Gasteiger charge is -2.26. The lowest BCUT2D eigenvalue weighted by molar-refractivity contribution is 0.0547. The standard InChI is InChI=1S/C7H12NO2/c1-8(2)7(9)10-6-4-3-5-6/h3,6H,4-5H2,1-2H3. The maximum Gasteiger partial charge on any atom is 0.409 e. The molecule has 0 aromatic rings. The molecule has 0 atom stereocenters. The minimum Gasteiger partial charge on any atom is -0.446 e. The fourth-order valence-electron chi connectivity index (χ4n) is 0.647. The molecule has 1 fully saturated rings. The number of carbonyl (C=O) groups excluding carboxylic acids is 1. The van der Waals surface area contributed by atoms with Gasteiger partial charge in [0.2, 0.25) is 0 Å². The zero-order valence-electron chi connectivity index (χ0n) is 6.33. The van der Waals surface area contributed by atoms with Gasteiger partial charge in [-0.2, -0.15) is 0 Å². The van der Waals surface area contributed by atoms with E-state index in [-0.39, 0.29) is 12.2 Å². The van der Waals surface area contributed by atoms with Gasteiger partial charge in [0.05, 0.1) is 0 Å². The Morgan fingerprint density at radius 3 is 2.50 bits per heavy atom. The summed E-state index contributed by atoms with van der Waals surface area (Å²) >= 11 is 0. The third-order valence-corrected chi connectivity index (χ3v) is 1.49. The van der Waals surface area contributed by atoms with E-state index >= 15 is 0 Å². The highest BCUT2D eigenvalue weighted by atomic mass is 16.6. The number of rotatable bonds is 1. The number of ether oxygens (including phenoxy) is 1. The summed E-state index contributed by atoms with van der Waals surface area (Å²) in [4.78, 5) is 12.3. The zero-order chi connectivity index (χ0) is 7.56. The van der Waals surface area contributed by atoms with E-state index in [0.717, 1.165) is 12.8 Å². The van der Waals surface area contributed by atoms with Crippen molar-refractivity contribution >= 4 is 6.09 Å². The molecule has 0 aromatic heterocycles. The van der Waals surface area contributed by atoms with Crippen molar-refractivity contribution in [3.63, 3.8) is 0 Å². The highest BCUT2D eigenvalue weighted by Crippen LogP contribution is 2.20. The van der Waals surface area contributed by atoms with Crippen LogP contribution in [0.1, 0.15) is 12.8 Å². The lowest BCUT2D eigenvalue weighted by atomic mass is 9.96. The predicted octanol–water partition coefficient (Wildman–Crippen LogP) is 1.05. The minimum absolute atomic E-state index is 0.148. The second kappa shape index (κ2) is 2.90. The van der Waals surface area contributed by atoms with Crippen LogP contribution in [-0.2, 0) is 4.74 Å². The average Bonchev–Trinajstić information content (AvgIpc) is 1.77. The Hall–Kier alpha value is -0.730. The molecular weight excluding hydrogens is 130 g/mol. The summed E-state index contributed by atoms with van der Waals surface area (Å²) in [5, 5.41) is 0. The second-order valence-corrected chi connectivity index (χ2v) is 2.66. The summed E-state index contributed by atoms with van der Waals surface area (Å²) in [6.45, 7) is 0. The summed E-state index contributed by atoms with van der Waals surface area (Å²) in [6.07, 6.45) is 3.85. The van der Waals surface area contributed by atoms with E-state index in [1.807, 2.05) is 0 Å². The number of hydrogen-bond acceptors (Lipinski definition) is 2. The van der Waals surface area contributed by atoms with Gasteiger partial charge in [-0.15, -0.1) is 0 Å². The van der Waals surface area contributed by atoms with Gasteiger partial charge in [0.15, 0.2) is 0 Å². The van der Waals surface area contributed by atoms with E-state index in [1.54, 1.807) is 14.1 Å². The van der Waals surface area contributed by atoms with Crippen LogP contribution in [0.4, 0.5) is 4.79 Å². The zero-order valence-corrected chi connectivity index (χ0v) is 6.33. The van der Waals surface area contributed by atoms with Gasteiger partial charge >= 0.3 is 6.09 Å². The maximum atomic E-state index is 10.8. The minimum atomic E-state index is -0.238. The molecule has 0 heterocycles. The Morgan fingerprint density at radius 2 is 2.20 bits per heavy atom. The van der Waals surface area contributed by atoms with Gasteiger partial charge in [0, 0.05) is 14.1 Å². The largest absolute Gasteiger partial charge is 0.446 e. The van der Waals surface area contributed by atoms with Crippen LogP contribution in [0.5, 0.6) is 0 Å². The first-order chi connectivity index (χ1) is 4.70. The van der Waals surface area contributed by atoms with Crippen LogP contribution in [-0.4, -0.2) is 31.2 Å². The lowest BCUT2D eigenvalue weighted by Crippen LogP contribution is -2.31. The molecule has 1 radical (unpaired) electrons. The van der Waals surface area contributed by atoms with Crippen LogP contribution >= 0.6 is 0 Å². The van der Waals surface area contributed by atoms with Gasteiger partial charge < -0.3 is 9.64 Å². The van der Waals surface area contributed by atoms with Crippen LogP contribution in [0.3, 0.4) is 0 Å². The Bertz CT molecular complexity index is 130.